The number of hydrogen-bond acceptors (Lipinski definition) is 7. The molecule has 0 spiro atoms. The van der Waals surface area contributed by atoms with E-state index in [1.807, 2.05) is 0 Å². The predicted octanol–water partition coefficient (Wildman–Crippen LogP) is 4.52. The highest BCUT2D eigenvalue weighted by Gasteiger charge is 2.22. The van der Waals surface area contributed by atoms with E-state index < -0.39 is 27.1 Å². The van der Waals surface area contributed by atoms with Crippen molar-refractivity contribution in [3.63, 3.8) is 0 Å². The molecule has 3 aromatic rings. The lowest BCUT2D eigenvalue weighted by Crippen LogP contribution is -2.14. The van der Waals surface area contributed by atoms with Gasteiger partial charge in [-0.3, -0.25) is 25.0 Å². The fourth-order valence-electron chi connectivity index (χ4n) is 2.35. The Bertz CT molecular complexity index is 1090. The van der Waals surface area contributed by atoms with E-state index >= 15 is 0 Å². The van der Waals surface area contributed by atoms with Gasteiger partial charge in [-0.1, -0.05) is 53.5 Å². The van der Waals surface area contributed by atoms with Gasteiger partial charge in [0.25, 0.3) is 17.3 Å². The smallest absolute Gasteiger partial charge is 0.277 e. The molecule has 0 aliphatic carbocycles. The molecule has 2 aromatic carbocycles. The van der Waals surface area contributed by atoms with E-state index in [1.54, 1.807) is 30.3 Å². The van der Waals surface area contributed by atoms with Crippen LogP contribution in [-0.4, -0.2) is 25.7 Å². The quantitative estimate of drug-likeness (QED) is 0.354. The molecule has 1 N–H and O–H groups in total. The maximum Gasteiger partial charge on any atom is 0.277 e. The first-order valence-electron chi connectivity index (χ1n) is 7.80. The second-order valence-electron chi connectivity index (χ2n) is 5.58. The van der Waals surface area contributed by atoms with Gasteiger partial charge in [-0.2, -0.15) is 0 Å². The van der Waals surface area contributed by atoms with Gasteiger partial charge < -0.3 is 5.32 Å². The number of carbonyl (C=O) groups excluding carboxylic acids is 1. The molecule has 29 heavy (non-hydrogen) atoms. The minimum atomic E-state index is -0.906. The molecule has 0 atom stereocenters. The van der Waals surface area contributed by atoms with Crippen LogP contribution in [0.4, 0.5) is 17.1 Å². The Morgan fingerprint density at radius 3 is 1.90 bits per heavy atom. The summed E-state index contributed by atoms with van der Waals surface area (Å²) in [6, 6.07) is 11.3. The first-order valence-corrected chi connectivity index (χ1v) is 8.55. The number of amides is 1. The van der Waals surface area contributed by atoms with Crippen molar-refractivity contribution in [2.75, 3.05) is 5.32 Å². The average Bonchev–Trinajstić information content (AvgIpc) is 2.70. The van der Waals surface area contributed by atoms with Gasteiger partial charge in [0.05, 0.1) is 21.5 Å². The van der Waals surface area contributed by atoms with Crippen LogP contribution in [0.25, 0.3) is 11.4 Å². The van der Waals surface area contributed by atoms with Crippen molar-refractivity contribution < 1.29 is 14.6 Å². The van der Waals surface area contributed by atoms with Crippen LogP contribution in [0.1, 0.15) is 10.4 Å². The number of aromatic nitrogens is 2. The van der Waals surface area contributed by atoms with Crippen LogP contribution < -0.4 is 5.32 Å². The number of nitro benzene ring substituents is 2. The number of carbonyl (C=O) groups is 1. The molecule has 0 saturated carbocycles. The SMILES string of the molecule is O=C(Nc1c(Cl)nc(-c2ccccc2)nc1Cl)c1cc([N+](=O)[O-])cc([N+](=O)[O-])c1. The monoisotopic (exact) mass is 433 g/mol. The van der Waals surface area contributed by atoms with Gasteiger partial charge >= 0.3 is 0 Å². The Kier molecular flexibility index (Phi) is 5.66. The molecule has 0 unspecified atom stereocenters. The number of nitrogens with zero attached hydrogens (tertiary/aromatic N) is 4. The molecule has 10 nitrogen and oxygen atoms in total. The summed E-state index contributed by atoms with van der Waals surface area (Å²) in [6.45, 7) is 0. The number of rotatable bonds is 5. The van der Waals surface area contributed by atoms with E-state index in [4.69, 9.17) is 23.2 Å². The second-order valence-corrected chi connectivity index (χ2v) is 6.29. The molecule has 0 bridgehead atoms. The molecule has 0 aliphatic heterocycles. The molecule has 0 radical (unpaired) electrons. The van der Waals surface area contributed by atoms with Crippen molar-refractivity contribution in [1.29, 1.82) is 0 Å². The Labute approximate surface area is 172 Å². The molecule has 12 heteroatoms. The summed E-state index contributed by atoms with van der Waals surface area (Å²) < 4.78 is 0. The fraction of sp³-hybridized carbons (Fsp3) is 0. The normalized spacial score (nSPS) is 10.4. The van der Waals surface area contributed by atoms with Crippen molar-refractivity contribution in [3.8, 4) is 11.4 Å². The largest absolute Gasteiger partial charge is 0.317 e. The standard InChI is InChI=1S/C17H9Cl2N5O5/c18-14-13(15(19)22-16(21-14)9-4-2-1-3-5-9)20-17(25)10-6-11(23(26)27)8-12(7-10)24(28)29/h1-8H,(H,20,25). The Hall–Kier alpha value is -3.63. The maximum atomic E-state index is 12.5. The highest BCUT2D eigenvalue weighted by molar-refractivity contribution is 6.38. The summed E-state index contributed by atoms with van der Waals surface area (Å²) >= 11 is 12.2. The Morgan fingerprint density at radius 1 is 0.897 bits per heavy atom. The number of hydrogen-bond donors (Lipinski definition) is 1. The Balaban J connectivity index is 1.95. The van der Waals surface area contributed by atoms with Crippen LogP contribution in [0, 0.1) is 20.2 Å². The molecule has 146 valence electrons. The lowest BCUT2D eigenvalue weighted by atomic mass is 10.1. The van der Waals surface area contributed by atoms with Gasteiger partial charge in [0, 0.05) is 17.7 Å². The van der Waals surface area contributed by atoms with Gasteiger partial charge in [-0.25, -0.2) is 9.97 Å². The van der Waals surface area contributed by atoms with E-state index in [-0.39, 0.29) is 27.4 Å². The van der Waals surface area contributed by atoms with Crippen LogP contribution in [0.2, 0.25) is 10.3 Å². The summed E-state index contributed by atoms with van der Waals surface area (Å²) in [5, 5.41) is 24.0. The molecular weight excluding hydrogens is 425 g/mol. The summed E-state index contributed by atoms with van der Waals surface area (Å²) in [5.74, 6) is -0.679. The highest BCUT2D eigenvalue weighted by atomic mass is 35.5. The van der Waals surface area contributed by atoms with Gasteiger partial charge in [0.1, 0.15) is 5.69 Å². The molecule has 1 amide bonds. The summed E-state index contributed by atoms with van der Waals surface area (Å²) in [5.41, 5.74) is -1.05. The average molecular weight is 434 g/mol. The minimum absolute atomic E-state index is 0.132. The van der Waals surface area contributed by atoms with Crippen LogP contribution in [-0.2, 0) is 0 Å². The number of non-ortho nitro benzene ring substituents is 2. The topological polar surface area (TPSA) is 141 Å². The molecule has 1 heterocycles. The number of nitro groups is 2. The molecule has 1 aromatic heterocycles. The molecular formula is C17H9Cl2N5O5. The lowest BCUT2D eigenvalue weighted by molar-refractivity contribution is -0.394. The van der Waals surface area contributed by atoms with Crippen LogP contribution in [0.3, 0.4) is 0 Å². The number of anilines is 1. The van der Waals surface area contributed by atoms with E-state index in [1.165, 1.54) is 0 Å². The first kappa shape index (κ1) is 20.1. The zero-order valence-electron chi connectivity index (χ0n) is 14.2. The zero-order chi connectivity index (χ0) is 21.1. The second kappa shape index (κ2) is 8.17. The molecule has 3 rings (SSSR count). The van der Waals surface area contributed by atoms with Gasteiger partial charge in [-0.05, 0) is 0 Å². The molecule has 0 fully saturated rings. The highest BCUT2D eigenvalue weighted by Crippen LogP contribution is 2.31. The van der Waals surface area contributed by atoms with E-state index in [0.29, 0.717) is 5.56 Å². The van der Waals surface area contributed by atoms with Crippen molar-refractivity contribution in [1.82, 2.24) is 9.97 Å². The minimum Gasteiger partial charge on any atom is -0.317 e. The van der Waals surface area contributed by atoms with Crippen LogP contribution >= 0.6 is 23.2 Å². The number of nitrogens with one attached hydrogen (secondary N) is 1. The van der Waals surface area contributed by atoms with Gasteiger partial charge in [0.2, 0.25) is 0 Å². The molecule has 0 saturated heterocycles. The number of benzene rings is 2. The van der Waals surface area contributed by atoms with Crippen LogP contribution in [0.15, 0.2) is 48.5 Å². The number of halogens is 2. The maximum absolute atomic E-state index is 12.5. The lowest BCUT2D eigenvalue weighted by Gasteiger charge is -2.10. The van der Waals surface area contributed by atoms with E-state index in [2.05, 4.69) is 15.3 Å². The van der Waals surface area contributed by atoms with Crippen molar-refractivity contribution in [2.45, 2.75) is 0 Å². The zero-order valence-corrected chi connectivity index (χ0v) is 15.7. The van der Waals surface area contributed by atoms with E-state index in [9.17, 15) is 25.0 Å². The summed E-state index contributed by atoms with van der Waals surface area (Å²) in [4.78, 5) is 40.9. The third-order valence-electron chi connectivity index (χ3n) is 3.68. The fourth-order valence-corrected chi connectivity index (χ4v) is 2.83. The molecule has 0 aliphatic rings. The van der Waals surface area contributed by atoms with Crippen molar-refractivity contribution in [2.24, 2.45) is 0 Å². The third-order valence-corrected chi connectivity index (χ3v) is 4.22. The first-order chi connectivity index (χ1) is 13.8. The summed E-state index contributed by atoms with van der Waals surface area (Å²) in [6.07, 6.45) is 0. The summed E-state index contributed by atoms with van der Waals surface area (Å²) in [7, 11) is 0. The Morgan fingerprint density at radius 2 is 1.41 bits per heavy atom. The van der Waals surface area contributed by atoms with Gasteiger partial charge in [0.15, 0.2) is 16.1 Å². The van der Waals surface area contributed by atoms with Crippen LogP contribution in [0.5, 0.6) is 0 Å². The van der Waals surface area contributed by atoms with Gasteiger partial charge in [-0.15, -0.1) is 0 Å². The van der Waals surface area contributed by atoms with Crippen molar-refractivity contribution >= 4 is 46.2 Å². The van der Waals surface area contributed by atoms with Crippen molar-refractivity contribution in [3.05, 3.63) is 84.6 Å². The van der Waals surface area contributed by atoms with E-state index in [0.717, 1.165) is 18.2 Å². The third kappa shape index (κ3) is 4.45. The predicted molar refractivity (Wildman–Crippen MR) is 105 cm³/mol.